The summed E-state index contributed by atoms with van der Waals surface area (Å²) in [6.45, 7) is 1.88. The average Bonchev–Trinajstić information content (AvgIpc) is 2.35. The van der Waals surface area contributed by atoms with Crippen LogP contribution in [0.4, 0.5) is 0 Å². The molecule has 0 spiro atoms. The fourth-order valence-electron chi connectivity index (χ4n) is 1.47. The second-order valence-electron chi connectivity index (χ2n) is 4.20. The molecule has 1 aromatic carbocycles. The number of aliphatic hydroxyl groups excluding tert-OH is 1. The minimum atomic E-state index is 0. The van der Waals surface area contributed by atoms with Crippen LogP contribution in [0, 0.1) is 0 Å². The molecule has 0 aliphatic heterocycles. The highest BCUT2D eigenvalue weighted by Gasteiger charge is 2.05. The van der Waals surface area contributed by atoms with E-state index in [2.05, 4.69) is 17.0 Å². The first-order valence-corrected chi connectivity index (χ1v) is 6.93. The molecule has 104 valence electrons. The molecule has 0 unspecified atom stereocenters. The molecule has 0 radical (unpaired) electrons. The highest BCUT2D eigenvalue weighted by atomic mass is 35.5. The van der Waals surface area contributed by atoms with Gasteiger partial charge in [0.1, 0.15) is 0 Å². The van der Waals surface area contributed by atoms with Crippen LogP contribution in [0.2, 0.25) is 0 Å². The van der Waals surface area contributed by atoms with Crippen LogP contribution in [-0.2, 0) is 0 Å². The summed E-state index contributed by atoms with van der Waals surface area (Å²) < 4.78 is 0. The Bertz CT molecular complexity index is 300. The van der Waals surface area contributed by atoms with Crippen LogP contribution in [0.25, 0.3) is 0 Å². The van der Waals surface area contributed by atoms with Crippen molar-refractivity contribution in [3.8, 4) is 0 Å². The normalized spacial score (nSPS) is 12.2. The minimum Gasteiger partial charge on any atom is -0.395 e. The molecule has 0 aliphatic rings. The van der Waals surface area contributed by atoms with Crippen LogP contribution in [0.1, 0.15) is 6.42 Å². The van der Waals surface area contributed by atoms with Gasteiger partial charge in [-0.25, -0.2) is 0 Å². The lowest BCUT2D eigenvalue weighted by Crippen LogP contribution is -2.31. The lowest BCUT2D eigenvalue weighted by molar-refractivity contribution is 0.218. The predicted molar refractivity (Wildman–Crippen MR) is 81.6 cm³/mol. The number of hydrogen-bond acceptors (Lipinski definition) is 4. The maximum atomic E-state index is 8.78. The Kier molecular flexibility index (Phi) is 10.5. The molecule has 0 amide bonds. The van der Waals surface area contributed by atoms with Gasteiger partial charge in [0, 0.05) is 23.2 Å². The van der Waals surface area contributed by atoms with Crippen LogP contribution >= 0.6 is 24.2 Å². The van der Waals surface area contributed by atoms with E-state index in [0.29, 0.717) is 0 Å². The van der Waals surface area contributed by atoms with Crippen LogP contribution < -0.4 is 5.73 Å². The van der Waals surface area contributed by atoms with E-state index in [9.17, 15) is 0 Å². The summed E-state index contributed by atoms with van der Waals surface area (Å²) in [5, 5.41) is 8.78. The van der Waals surface area contributed by atoms with Gasteiger partial charge in [-0.3, -0.25) is 0 Å². The maximum Gasteiger partial charge on any atom is 0.0558 e. The van der Waals surface area contributed by atoms with Gasteiger partial charge in [0.2, 0.25) is 0 Å². The van der Waals surface area contributed by atoms with Crippen LogP contribution in [0.3, 0.4) is 0 Å². The first-order chi connectivity index (χ1) is 8.22. The van der Waals surface area contributed by atoms with E-state index in [4.69, 9.17) is 10.8 Å². The van der Waals surface area contributed by atoms with E-state index in [1.54, 1.807) is 11.8 Å². The van der Waals surface area contributed by atoms with E-state index >= 15 is 0 Å². The average molecular weight is 291 g/mol. The number of likely N-dealkylation sites (N-methyl/N-ethyl adjacent to an activating group) is 1. The Morgan fingerprint density at radius 3 is 2.56 bits per heavy atom. The second-order valence-corrected chi connectivity index (χ2v) is 5.29. The topological polar surface area (TPSA) is 49.5 Å². The molecule has 0 saturated carbocycles. The summed E-state index contributed by atoms with van der Waals surface area (Å²) in [5.74, 6) is 0.941. The summed E-state index contributed by atoms with van der Waals surface area (Å²) in [4.78, 5) is 3.37. The van der Waals surface area contributed by atoms with Gasteiger partial charge in [0.05, 0.1) is 6.61 Å². The van der Waals surface area contributed by atoms with Crippen LogP contribution in [0.5, 0.6) is 0 Å². The lowest BCUT2D eigenvalue weighted by atomic mass is 10.2. The summed E-state index contributed by atoms with van der Waals surface area (Å²) in [7, 11) is 2.01. The molecule has 1 rings (SSSR count). The van der Waals surface area contributed by atoms with Crippen molar-refractivity contribution in [2.24, 2.45) is 5.73 Å². The van der Waals surface area contributed by atoms with E-state index in [0.717, 1.165) is 25.3 Å². The third-order valence-corrected chi connectivity index (χ3v) is 3.77. The number of aliphatic hydroxyl groups is 1. The van der Waals surface area contributed by atoms with Crippen molar-refractivity contribution in [1.82, 2.24) is 4.90 Å². The quantitative estimate of drug-likeness (QED) is 0.718. The number of benzene rings is 1. The number of thioether (sulfide) groups is 1. The molecule has 3 nitrogen and oxygen atoms in total. The molecule has 0 saturated heterocycles. The first-order valence-electron chi connectivity index (χ1n) is 5.95. The molecule has 1 atom stereocenters. The first kappa shape index (κ1) is 17.7. The van der Waals surface area contributed by atoms with Gasteiger partial charge in [0.25, 0.3) is 0 Å². The Labute approximate surface area is 120 Å². The van der Waals surface area contributed by atoms with E-state index in [1.807, 2.05) is 25.2 Å². The minimum absolute atomic E-state index is 0. The zero-order chi connectivity index (χ0) is 12.5. The standard InChI is InChI=1S/C13H22N2OS.ClH/c1-15(9-10-16)8-7-12(14)11-17-13-5-3-2-4-6-13;/h2-6,12,16H,7-11,14H2,1H3;1H/t12-;/m0./s1. The molecule has 18 heavy (non-hydrogen) atoms. The van der Waals surface area contributed by atoms with Gasteiger partial charge in [-0.2, -0.15) is 0 Å². The SMILES string of the molecule is CN(CCO)CC[C@H](N)CSc1ccccc1.Cl. The molecule has 0 aliphatic carbocycles. The fraction of sp³-hybridized carbons (Fsp3) is 0.538. The van der Waals surface area contributed by atoms with Gasteiger partial charge in [-0.05, 0) is 32.1 Å². The van der Waals surface area contributed by atoms with Crippen LogP contribution in [0.15, 0.2) is 35.2 Å². The predicted octanol–water partition coefficient (Wildman–Crippen LogP) is 1.84. The molecule has 0 fully saturated rings. The number of rotatable bonds is 8. The molecule has 0 aromatic heterocycles. The van der Waals surface area contributed by atoms with Crippen molar-refractivity contribution in [3.63, 3.8) is 0 Å². The molecular formula is C13H23ClN2OS. The Morgan fingerprint density at radius 1 is 1.28 bits per heavy atom. The van der Waals surface area contributed by atoms with Gasteiger partial charge >= 0.3 is 0 Å². The third kappa shape index (κ3) is 7.95. The number of halogens is 1. The second kappa shape index (κ2) is 10.6. The molecule has 1 aromatic rings. The van der Waals surface area contributed by atoms with Gasteiger partial charge < -0.3 is 15.7 Å². The Hall–Kier alpha value is -0.260. The van der Waals surface area contributed by atoms with Crippen LogP contribution in [-0.4, -0.2) is 48.5 Å². The molecule has 5 heteroatoms. The zero-order valence-corrected chi connectivity index (χ0v) is 12.4. The van der Waals surface area contributed by atoms with Crippen molar-refractivity contribution in [2.75, 3.05) is 32.5 Å². The fourth-order valence-corrected chi connectivity index (χ4v) is 2.39. The maximum absolute atomic E-state index is 8.78. The summed E-state index contributed by atoms with van der Waals surface area (Å²) in [6, 6.07) is 10.5. The zero-order valence-electron chi connectivity index (χ0n) is 10.8. The number of nitrogens with two attached hydrogens (primary N) is 1. The van der Waals surface area contributed by atoms with Gasteiger partial charge in [0.15, 0.2) is 0 Å². The molecular weight excluding hydrogens is 268 g/mol. The smallest absolute Gasteiger partial charge is 0.0558 e. The monoisotopic (exact) mass is 290 g/mol. The number of nitrogens with zero attached hydrogens (tertiary/aromatic N) is 1. The molecule has 3 N–H and O–H groups in total. The Balaban J connectivity index is 0.00000289. The van der Waals surface area contributed by atoms with Crippen molar-refractivity contribution in [1.29, 1.82) is 0 Å². The van der Waals surface area contributed by atoms with Crippen molar-refractivity contribution in [3.05, 3.63) is 30.3 Å². The van der Waals surface area contributed by atoms with E-state index in [-0.39, 0.29) is 25.1 Å². The van der Waals surface area contributed by atoms with E-state index in [1.165, 1.54) is 4.90 Å². The molecule has 0 bridgehead atoms. The highest BCUT2D eigenvalue weighted by Crippen LogP contribution is 2.18. The van der Waals surface area contributed by atoms with Gasteiger partial charge in [-0.1, -0.05) is 18.2 Å². The van der Waals surface area contributed by atoms with Gasteiger partial charge in [-0.15, -0.1) is 24.2 Å². The van der Waals surface area contributed by atoms with Crippen molar-refractivity contribution in [2.45, 2.75) is 17.4 Å². The summed E-state index contributed by atoms with van der Waals surface area (Å²) >= 11 is 1.80. The summed E-state index contributed by atoms with van der Waals surface area (Å²) in [6.07, 6.45) is 0.969. The number of hydrogen-bond donors (Lipinski definition) is 2. The third-order valence-electron chi connectivity index (χ3n) is 2.57. The Morgan fingerprint density at radius 2 is 1.94 bits per heavy atom. The molecule has 0 heterocycles. The lowest BCUT2D eigenvalue weighted by Gasteiger charge is -2.18. The largest absolute Gasteiger partial charge is 0.395 e. The van der Waals surface area contributed by atoms with Crippen molar-refractivity contribution >= 4 is 24.2 Å². The summed E-state index contributed by atoms with van der Waals surface area (Å²) in [5.41, 5.74) is 6.06. The highest BCUT2D eigenvalue weighted by molar-refractivity contribution is 7.99. The van der Waals surface area contributed by atoms with Crippen molar-refractivity contribution < 1.29 is 5.11 Å². The van der Waals surface area contributed by atoms with E-state index < -0.39 is 0 Å².